The van der Waals surface area contributed by atoms with Crippen LogP contribution in [0.25, 0.3) is 0 Å². The molecule has 2 aliphatic rings. The lowest BCUT2D eigenvalue weighted by molar-refractivity contribution is 0.381. The smallest absolute Gasteiger partial charge is 0.263 e. The van der Waals surface area contributed by atoms with Crippen LogP contribution in [-0.4, -0.2) is 19.3 Å². The molecule has 1 aliphatic heterocycles. The predicted molar refractivity (Wildman–Crippen MR) is 70.4 cm³/mol. The molecule has 1 aromatic rings. The molecule has 1 aromatic carbocycles. The molecule has 0 N–H and O–H groups in total. The van der Waals surface area contributed by atoms with Gasteiger partial charge in [0.2, 0.25) is 0 Å². The number of allylic oxidation sites excluding steroid dienone is 1. The van der Waals surface area contributed by atoms with Crippen LogP contribution in [0, 0.1) is 18.3 Å². The number of fused-ring (bicyclic) bond motifs is 1. The third-order valence-corrected chi connectivity index (χ3v) is 5.79. The molecule has 2 atom stereocenters. The summed E-state index contributed by atoms with van der Waals surface area (Å²) >= 11 is 0. The van der Waals surface area contributed by atoms with E-state index >= 15 is 0 Å². The molecule has 0 aromatic heterocycles. The molecule has 0 amide bonds. The minimum Gasteiger partial charge on any atom is -0.273 e. The molecule has 4 heteroatoms. The standard InChI is InChI=1S/C14H17NO2S/c1-11-3-5-13(6-4-11)18(16,17)15-8-7-12-9-14(12,2)10-15/h3-8,12H,9-10H2,1-2H3/t12-,14-/m0/s1. The Morgan fingerprint density at radius 3 is 2.56 bits per heavy atom. The number of hydrogen-bond acceptors (Lipinski definition) is 2. The fourth-order valence-corrected chi connectivity index (χ4v) is 3.99. The van der Waals surface area contributed by atoms with Crippen molar-refractivity contribution in [2.45, 2.75) is 25.2 Å². The Labute approximate surface area is 108 Å². The van der Waals surface area contributed by atoms with Crippen LogP contribution in [0.3, 0.4) is 0 Å². The Morgan fingerprint density at radius 2 is 1.94 bits per heavy atom. The molecular formula is C14H17NO2S. The van der Waals surface area contributed by atoms with E-state index in [-0.39, 0.29) is 5.41 Å². The van der Waals surface area contributed by atoms with Crippen LogP contribution in [0.4, 0.5) is 0 Å². The van der Waals surface area contributed by atoms with Crippen molar-refractivity contribution in [3.8, 4) is 0 Å². The third kappa shape index (κ3) is 1.75. The molecule has 18 heavy (non-hydrogen) atoms. The predicted octanol–water partition coefficient (Wildman–Crippen LogP) is 2.54. The number of hydrogen-bond donors (Lipinski definition) is 0. The Balaban J connectivity index is 1.93. The molecule has 3 nitrogen and oxygen atoms in total. The van der Waals surface area contributed by atoms with Gasteiger partial charge in [-0.15, -0.1) is 0 Å². The topological polar surface area (TPSA) is 37.4 Å². The molecule has 96 valence electrons. The number of benzene rings is 1. The summed E-state index contributed by atoms with van der Waals surface area (Å²) in [5.41, 5.74) is 1.23. The summed E-state index contributed by atoms with van der Waals surface area (Å²) < 4.78 is 26.4. The van der Waals surface area contributed by atoms with Gasteiger partial charge in [-0.3, -0.25) is 4.31 Å². The van der Waals surface area contributed by atoms with E-state index in [1.165, 1.54) is 4.31 Å². The van der Waals surface area contributed by atoms with Crippen molar-refractivity contribution in [3.05, 3.63) is 42.1 Å². The maximum Gasteiger partial charge on any atom is 0.263 e. The summed E-state index contributed by atoms with van der Waals surface area (Å²) in [5.74, 6) is 0.571. The van der Waals surface area contributed by atoms with Gasteiger partial charge in [0, 0.05) is 12.7 Å². The van der Waals surface area contributed by atoms with Gasteiger partial charge in [0.25, 0.3) is 10.0 Å². The van der Waals surface area contributed by atoms with Crippen molar-refractivity contribution in [1.29, 1.82) is 0 Å². The average molecular weight is 263 g/mol. The second-order valence-corrected chi connectivity index (χ2v) is 7.56. The largest absolute Gasteiger partial charge is 0.273 e. The molecule has 0 radical (unpaired) electrons. The first-order chi connectivity index (χ1) is 8.42. The van der Waals surface area contributed by atoms with Gasteiger partial charge in [-0.05, 0) is 36.8 Å². The van der Waals surface area contributed by atoms with Crippen molar-refractivity contribution in [2.75, 3.05) is 6.54 Å². The highest BCUT2D eigenvalue weighted by Crippen LogP contribution is 2.56. The second-order valence-electron chi connectivity index (χ2n) is 5.67. The molecule has 3 rings (SSSR count). The van der Waals surface area contributed by atoms with Gasteiger partial charge in [-0.2, -0.15) is 0 Å². The lowest BCUT2D eigenvalue weighted by Gasteiger charge is -2.27. The number of nitrogens with zero attached hydrogens (tertiary/aromatic N) is 1. The summed E-state index contributed by atoms with van der Waals surface area (Å²) in [6.07, 6.45) is 4.85. The van der Waals surface area contributed by atoms with E-state index in [2.05, 4.69) is 6.92 Å². The van der Waals surface area contributed by atoms with Crippen LogP contribution in [0.5, 0.6) is 0 Å². The molecule has 1 saturated carbocycles. The zero-order valence-electron chi connectivity index (χ0n) is 10.6. The lowest BCUT2D eigenvalue weighted by atomic mass is 10.1. The van der Waals surface area contributed by atoms with Crippen molar-refractivity contribution in [1.82, 2.24) is 4.31 Å². The molecule has 0 unspecified atom stereocenters. The zero-order chi connectivity index (χ0) is 13.0. The van der Waals surface area contributed by atoms with Crippen LogP contribution in [0.1, 0.15) is 18.9 Å². The quantitative estimate of drug-likeness (QED) is 0.822. The molecule has 1 fully saturated rings. The zero-order valence-corrected chi connectivity index (χ0v) is 11.4. The summed E-state index contributed by atoms with van der Waals surface area (Å²) in [7, 11) is -3.38. The van der Waals surface area contributed by atoms with E-state index in [1.54, 1.807) is 18.3 Å². The first-order valence-corrected chi connectivity index (χ1v) is 7.63. The Kier molecular flexibility index (Phi) is 2.36. The Bertz CT molecular complexity index is 603. The summed E-state index contributed by atoms with van der Waals surface area (Å²) in [6, 6.07) is 7.03. The maximum atomic E-state index is 12.5. The Morgan fingerprint density at radius 1 is 1.28 bits per heavy atom. The second kappa shape index (κ2) is 3.60. The van der Waals surface area contributed by atoms with Crippen molar-refractivity contribution in [3.63, 3.8) is 0 Å². The highest BCUT2D eigenvalue weighted by atomic mass is 32.2. The molecule has 1 aliphatic carbocycles. The van der Waals surface area contributed by atoms with E-state index in [4.69, 9.17) is 0 Å². The van der Waals surface area contributed by atoms with Crippen LogP contribution < -0.4 is 0 Å². The maximum absolute atomic E-state index is 12.5. The summed E-state index contributed by atoms with van der Waals surface area (Å²) in [4.78, 5) is 0.375. The number of rotatable bonds is 2. The van der Waals surface area contributed by atoms with Gasteiger partial charge >= 0.3 is 0 Å². The van der Waals surface area contributed by atoms with Crippen LogP contribution in [-0.2, 0) is 10.0 Å². The minimum absolute atomic E-state index is 0.159. The number of sulfonamides is 1. The molecular weight excluding hydrogens is 246 g/mol. The van der Waals surface area contributed by atoms with Crippen LogP contribution >= 0.6 is 0 Å². The summed E-state index contributed by atoms with van der Waals surface area (Å²) in [6.45, 7) is 4.70. The molecule has 1 heterocycles. The highest BCUT2D eigenvalue weighted by molar-refractivity contribution is 7.89. The van der Waals surface area contributed by atoms with Gasteiger partial charge < -0.3 is 0 Å². The summed E-state index contributed by atoms with van der Waals surface area (Å²) in [5, 5.41) is 0. The van der Waals surface area contributed by atoms with Crippen LogP contribution in [0.2, 0.25) is 0 Å². The van der Waals surface area contributed by atoms with Crippen molar-refractivity contribution in [2.24, 2.45) is 11.3 Å². The monoisotopic (exact) mass is 263 g/mol. The normalized spacial score (nSPS) is 30.1. The highest BCUT2D eigenvalue weighted by Gasteiger charge is 2.52. The average Bonchev–Trinajstić information content (AvgIpc) is 3.00. The lowest BCUT2D eigenvalue weighted by Crippen LogP contribution is -2.33. The first kappa shape index (κ1) is 11.8. The third-order valence-electron chi connectivity index (χ3n) is 4.05. The molecule has 0 spiro atoms. The minimum atomic E-state index is -3.38. The van der Waals surface area contributed by atoms with Crippen molar-refractivity contribution >= 4 is 10.0 Å². The van der Waals surface area contributed by atoms with E-state index < -0.39 is 10.0 Å². The van der Waals surface area contributed by atoms with Gasteiger partial charge in [-0.1, -0.05) is 30.7 Å². The van der Waals surface area contributed by atoms with Gasteiger partial charge in [-0.25, -0.2) is 8.42 Å². The van der Waals surface area contributed by atoms with Gasteiger partial charge in [0.1, 0.15) is 0 Å². The van der Waals surface area contributed by atoms with E-state index in [0.29, 0.717) is 17.4 Å². The molecule has 0 saturated heterocycles. The Hall–Kier alpha value is -1.29. The first-order valence-electron chi connectivity index (χ1n) is 6.19. The van der Waals surface area contributed by atoms with Crippen LogP contribution in [0.15, 0.2) is 41.4 Å². The van der Waals surface area contributed by atoms with Crippen molar-refractivity contribution < 1.29 is 8.42 Å². The van der Waals surface area contributed by atoms with Gasteiger partial charge in [0.05, 0.1) is 4.90 Å². The van der Waals surface area contributed by atoms with E-state index in [9.17, 15) is 8.42 Å². The van der Waals surface area contributed by atoms with Gasteiger partial charge in [0.15, 0.2) is 0 Å². The van der Waals surface area contributed by atoms with E-state index in [0.717, 1.165) is 12.0 Å². The fraction of sp³-hybridized carbons (Fsp3) is 0.429. The molecule has 0 bridgehead atoms. The fourth-order valence-electron chi connectivity index (χ4n) is 2.54. The SMILES string of the molecule is Cc1ccc(S(=O)(=O)N2C=C[C@H]3C[C@@]3(C)C2)cc1. The van der Waals surface area contributed by atoms with E-state index in [1.807, 2.05) is 25.1 Å². The number of aryl methyl sites for hydroxylation is 1.